The van der Waals surface area contributed by atoms with Gasteiger partial charge in [0, 0.05) is 61.1 Å². The molecule has 1 atom stereocenters. The Morgan fingerprint density at radius 2 is 1.94 bits per heavy atom. The average Bonchev–Trinajstić information content (AvgIpc) is 3.53. The summed E-state index contributed by atoms with van der Waals surface area (Å²) in [5.41, 5.74) is 4.70. The summed E-state index contributed by atoms with van der Waals surface area (Å²) in [6.45, 7) is 6.28. The maximum atomic E-state index is 6.55. The van der Waals surface area contributed by atoms with Crippen molar-refractivity contribution >= 4 is 17.3 Å². The Morgan fingerprint density at radius 3 is 2.66 bits per heavy atom. The Bertz CT molecular complexity index is 893. The van der Waals surface area contributed by atoms with Crippen LogP contribution in [0.1, 0.15) is 58.1 Å². The first-order valence-electron chi connectivity index (χ1n) is 12.0. The zero-order valence-electron chi connectivity index (χ0n) is 19.7. The van der Waals surface area contributed by atoms with Crippen LogP contribution in [0, 0.1) is 11.3 Å². The minimum atomic E-state index is 0.410. The topological polar surface area (TPSA) is 59.1 Å². The van der Waals surface area contributed by atoms with Gasteiger partial charge >= 0.3 is 0 Å². The van der Waals surface area contributed by atoms with Crippen molar-refractivity contribution in [1.29, 1.82) is 0 Å². The maximum Gasteiger partial charge on any atom is 0.0668 e. The van der Waals surface area contributed by atoms with Gasteiger partial charge in [-0.05, 0) is 75.3 Å². The molecule has 2 aromatic heterocycles. The van der Waals surface area contributed by atoms with E-state index in [0.29, 0.717) is 28.4 Å². The van der Waals surface area contributed by atoms with Crippen molar-refractivity contribution in [1.82, 2.24) is 15.3 Å². The molecule has 4 rings (SSSR count). The molecule has 0 spiro atoms. The summed E-state index contributed by atoms with van der Waals surface area (Å²) in [6, 6.07) is 5.33. The lowest BCUT2D eigenvalue weighted by molar-refractivity contribution is 0.158. The Labute approximate surface area is 197 Å². The van der Waals surface area contributed by atoms with Gasteiger partial charge in [-0.3, -0.25) is 9.97 Å². The van der Waals surface area contributed by atoms with Crippen molar-refractivity contribution in [3.8, 4) is 11.1 Å². The van der Waals surface area contributed by atoms with Crippen molar-refractivity contribution in [3.63, 3.8) is 0 Å². The van der Waals surface area contributed by atoms with E-state index < -0.39 is 0 Å². The second-order valence-corrected chi connectivity index (χ2v) is 10.6. The lowest BCUT2D eigenvalue weighted by Gasteiger charge is -2.31. The number of anilines is 1. The molecule has 32 heavy (non-hydrogen) atoms. The predicted molar refractivity (Wildman–Crippen MR) is 132 cm³/mol. The summed E-state index contributed by atoms with van der Waals surface area (Å²) in [4.78, 5) is 9.11. The third-order valence-electron chi connectivity index (χ3n) is 7.07. The lowest BCUT2D eigenvalue weighted by atomic mass is 9.83. The van der Waals surface area contributed by atoms with E-state index in [1.165, 1.54) is 38.5 Å². The number of aromatic nitrogens is 2. The fourth-order valence-corrected chi connectivity index (χ4v) is 4.95. The van der Waals surface area contributed by atoms with Crippen molar-refractivity contribution in [3.05, 3.63) is 41.4 Å². The molecule has 2 fully saturated rings. The monoisotopic (exact) mass is 456 g/mol. The Morgan fingerprint density at radius 1 is 1.16 bits per heavy atom. The number of halogens is 1. The zero-order valence-corrected chi connectivity index (χ0v) is 20.4. The number of nitrogens with one attached hydrogen (secondary N) is 2. The molecule has 0 radical (unpaired) electrons. The highest BCUT2D eigenvalue weighted by molar-refractivity contribution is 6.33. The fraction of sp³-hybridized carbons (Fsp3) is 0.615. The molecule has 0 bridgehead atoms. The highest BCUT2D eigenvalue weighted by atomic mass is 35.5. The van der Waals surface area contributed by atoms with Gasteiger partial charge in [0.1, 0.15) is 0 Å². The third kappa shape index (κ3) is 6.43. The highest BCUT2D eigenvalue weighted by Crippen LogP contribution is 2.44. The van der Waals surface area contributed by atoms with Crippen LogP contribution < -0.4 is 10.6 Å². The molecule has 0 amide bonds. The zero-order chi connectivity index (χ0) is 22.6. The van der Waals surface area contributed by atoms with Gasteiger partial charge in [0.15, 0.2) is 0 Å². The van der Waals surface area contributed by atoms with Crippen molar-refractivity contribution < 1.29 is 4.74 Å². The Hall–Kier alpha value is -1.69. The van der Waals surface area contributed by atoms with Crippen LogP contribution in [-0.4, -0.2) is 42.3 Å². The van der Waals surface area contributed by atoms with Crippen LogP contribution in [-0.2, 0) is 11.2 Å². The van der Waals surface area contributed by atoms with Gasteiger partial charge in [-0.15, -0.1) is 0 Å². The molecular formula is C26H37ClN4O. The van der Waals surface area contributed by atoms with Crippen molar-refractivity contribution in [2.45, 2.75) is 70.9 Å². The minimum absolute atomic E-state index is 0.410. The van der Waals surface area contributed by atoms with E-state index in [0.717, 1.165) is 42.1 Å². The number of pyridine rings is 2. The van der Waals surface area contributed by atoms with Crippen molar-refractivity contribution in [2.75, 3.05) is 25.6 Å². The van der Waals surface area contributed by atoms with Gasteiger partial charge in [-0.2, -0.15) is 0 Å². The quantitative estimate of drug-likeness (QED) is 0.477. The van der Waals surface area contributed by atoms with Crippen molar-refractivity contribution in [2.24, 2.45) is 11.3 Å². The molecule has 0 unspecified atom stereocenters. The molecule has 2 aliphatic rings. The van der Waals surface area contributed by atoms with E-state index >= 15 is 0 Å². The molecule has 2 N–H and O–H groups in total. The largest absolute Gasteiger partial charge is 0.383 e. The molecular weight excluding hydrogens is 420 g/mol. The molecule has 2 saturated carbocycles. The van der Waals surface area contributed by atoms with Gasteiger partial charge in [0.05, 0.1) is 17.3 Å². The summed E-state index contributed by atoms with van der Waals surface area (Å²) >= 11 is 6.55. The van der Waals surface area contributed by atoms with Gasteiger partial charge < -0.3 is 15.4 Å². The molecule has 2 aliphatic carbocycles. The summed E-state index contributed by atoms with van der Waals surface area (Å²) in [5, 5.41) is 7.93. The molecule has 0 saturated heterocycles. The molecule has 0 aliphatic heterocycles. The van der Waals surface area contributed by atoms with Crippen LogP contribution in [0.3, 0.4) is 0 Å². The van der Waals surface area contributed by atoms with Gasteiger partial charge in [0.2, 0.25) is 0 Å². The van der Waals surface area contributed by atoms with E-state index in [-0.39, 0.29) is 0 Å². The second kappa shape index (κ2) is 10.5. The van der Waals surface area contributed by atoms with Crippen LogP contribution >= 0.6 is 11.6 Å². The van der Waals surface area contributed by atoms with Crippen LogP contribution in [0.4, 0.5) is 5.69 Å². The Kier molecular flexibility index (Phi) is 7.70. The number of nitrogens with zero attached hydrogens (tertiary/aromatic N) is 2. The maximum absolute atomic E-state index is 6.55. The number of rotatable bonds is 10. The summed E-state index contributed by atoms with van der Waals surface area (Å²) in [7, 11) is 1.76. The third-order valence-corrected chi connectivity index (χ3v) is 7.37. The number of methoxy groups -OCH3 is 1. The summed E-state index contributed by atoms with van der Waals surface area (Å²) in [5.74, 6) is 0.678. The molecule has 5 nitrogen and oxygen atoms in total. The van der Waals surface area contributed by atoms with Crippen LogP contribution in [0.15, 0.2) is 30.7 Å². The smallest absolute Gasteiger partial charge is 0.0668 e. The first-order valence-corrected chi connectivity index (χ1v) is 12.4. The first kappa shape index (κ1) is 23.5. The van der Waals surface area contributed by atoms with Gasteiger partial charge in [-0.25, -0.2) is 0 Å². The molecule has 6 heteroatoms. The van der Waals surface area contributed by atoms with Gasteiger partial charge in [-0.1, -0.05) is 18.5 Å². The highest BCUT2D eigenvalue weighted by Gasteiger charge is 2.36. The molecule has 174 valence electrons. The van der Waals surface area contributed by atoms with Gasteiger partial charge in [0.25, 0.3) is 0 Å². The summed E-state index contributed by atoms with van der Waals surface area (Å²) < 4.78 is 5.25. The SMILES string of the molecule is COC[C@@H](C)NC1CCC(Cc2cc(-c3cncc(NCC4(C)CC4)c3)c(Cl)cn2)CC1. The van der Waals surface area contributed by atoms with Crippen LogP contribution in [0.25, 0.3) is 11.1 Å². The number of ether oxygens (including phenoxy) is 1. The first-order chi connectivity index (χ1) is 15.4. The normalized spacial score (nSPS) is 23.0. The van der Waals surface area contributed by atoms with E-state index in [1.807, 2.05) is 12.4 Å². The molecule has 2 heterocycles. The fourth-order valence-electron chi connectivity index (χ4n) is 4.73. The number of hydrogen-bond donors (Lipinski definition) is 2. The lowest BCUT2D eigenvalue weighted by Crippen LogP contribution is -2.41. The van der Waals surface area contributed by atoms with Crippen LogP contribution in [0.5, 0.6) is 0 Å². The van der Waals surface area contributed by atoms with E-state index in [9.17, 15) is 0 Å². The second-order valence-electron chi connectivity index (χ2n) is 10.2. The van der Waals surface area contributed by atoms with E-state index in [4.69, 9.17) is 16.3 Å². The van der Waals surface area contributed by atoms with E-state index in [1.54, 1.807) is 13.3 Å². The minimum Gasteiger partial charge on any atom is -0.383 e. The van der Waals surface area contributed by atoms with E-state index in [2.05, 4.69) is 46.6 Å². The average molecular weight is 457 g/mol. The number of hydrogen-bond acceptors (Lipinski definition) is 5. The van der Waals surface area contributed by atoms with Crippen LogP contribution in [0.2, 0.25) is 5.02 Å². The molecule has 2 aromatic rings. The predicted octanol–water partition coefficient (Wildman–Crippen LogP) is 5.73. The molecule has 0 aromatic carbocycles. The Balaban J connectivity index is 1.36. The summed E-state index contributed by atoms with van der Waals surface area (Å²) in [6.07, 6.45) is 14.1. The standard InChI is InChI=1S/C26H37ClN4O/c1-18(16-32-3)31-21-6-4-19(5-7-21)10-22-12-24(25(27)15-29-22)20-11-23(14-28-13-20)30-17-26(2)8-9-26/h11-15,18-19,21,30-31H,4-10,16-17H2,1-3H3/t18-,19?,21?/m1/s1.